The molecule has 0 aliphatic heterocycles. The third kappa shape index (κ3) is 6.28. The lowest BCUT2D eigenvalue weighted by molar-refractivity contribution is 0.0951. The fourth-order valence-electron chi connectivity index (χ4n) is 2.72. The molecule has 1 N–H and O–H groups in total. The van der Waals surface area contributed by atoms with E-state index in [1.54, 1.807) is 43.3 Å². The Labute approximate surface area is 173 Å². The summed E-state index contributed by atoms with van der Waals surface area (Å²) in [7, 11) is 1.80. The maximum atomic E-state index is 12.9. The van der Waals surface area contributed by atoms with Crippen molar-refractivity contribution >= 4 is 15.9 Å². The first-order valence-electron chi connectivity index (χ1n) is 9.44. The van der Waals surface area contributed by atoms with Crippen LogP contribution in [0.15, 0.2) is 53.4 Å². The molecule has 158 valence electrons. The summed E-state index contributed by atoms with van der Waals surface area (Å²) in [6, 6.07) is 13.3. The second-order valence-electron chi connectivity index (χ2n) is 6.86. The summed E-state index contributed by atoms with van der Waals surface area (Å²) in [5.74, 6) is 0.461. The minimum atomic E-state index is -3.63. The van der Waals surface area contributed by atoms with Crippen LogP contribution in [0.2, 0.25) is 0 Å². The van der Waals surface area contributed by atoms with Crippen LogP contribution in [0.25, 0.3) is 0 Å². The van der Waals surface area contributed by atoms with Crippen molar-refractivity contribution in [3.8, 4) is 5.75 Å². The molecule has 7 nitrogen and oxygen atoms in total. The van der Waals surface area contributed by atoms with E-state index >= 15 is 0 Å². The highest BCUT2D eigenvalue weighted by molar-refractivity contribution is 7.89. The summed E-state index contributed by atoms with van der Waals surface area (Å²) in [6.45, 7) is 3.69. The zero-order valence-corrected chi connectivity index (χ0v) is 18.2. The molecule has 0 bridgehead atoms. The number of likely N-dealkylation sites (N-methyl/N-ethyl adjacent to an activating group) is 1. The Hall–Kier alpha value is -2.42. The topological polar surface area (TPSA) is 79.0 Å². The van der Waals surface area contributed by atoms with Gasteiger partial charge in [-0.15, -0.1) is 0 Å². The molecule has 2 aromatic carbocycles. The second-order valence-corrected chi connectivity index (χ2v) is 8.80. The first-order chi connectivity index (χ1) is 13.8. The summed E-state index contributed by atoms with van der Waals surface area (Å²) in [5.41, 5.74) is 1.36. The number of methoxy groups -OCH3 is 1. The van der Waals surface area contributed by atoms with Crippen molar-refractivity contribution in [1.29, 1.82) is 0 Å². The molecule has 29 heavy (non-hydrogen) atoms. The Morgan fingerprint density at radius 2 is 1.66 bits per heavy atom. The van der Waals surface area contributed by atoms with Crippen LogP contribution in [-0.2, 0) is 16.6 Å². The zero-order valence-electron chi connectivity index (χ0n) is 17.4. The number of nitrogens with zero attached hydrogens (tertiary/aromatic N) is 2. The number of carbonyl (C=O) groups is 1. The van der Waals surface area contributed by atoms with Gasteiger partial charge in [0.2, 0.25) is 10.0 Å². The van der Waals surface area contributed by atoms with E-state index in [0.29, 0.717) is 24.4 Å². The fourth-order valence-corrected chi connectivity index (χ4v) is 4.16. The van der Waals surface area contributed by atoms with Gasteiger partial charge in [0.15, 0.2) is 0 Å². The average molecular weight is 420 g/mol. The minimum absolute atomic E-state index is 0.142. The van der Waals surface area contributed by atoms with Gasteiger partial charge >= 0.3 is 0 Å². The van der Waals surface area contributed by atoms with Crippen molar-refractivity contribution in [2.75, 3.05) is 40.8 Å². The minimum Gasteiger partial charge on any atom is -0.497 e. The number of sulfonamides is 1. The molecule has 8 heteroatoms. The second kappa shape index (κ2) is 10.4. The molecule has 0 unspecified atom stereocenters. The SMILES string of the molecule is CCN(Cc1ccc(C(=O)NCCN(C)C)cc1)S(=O)(=O)c1ccc(OC)cc1. The van der Waals surface area contributed by atoms with Crippen molar-refractivity contribution in [3.05, 3.63) is 59.7 Å². The molecule has 0 heterocycles. The van der Waals surface area contributed by atoms with Crippen LogP contribution in [0, 0.1) is 0 Å². The number of hydrogen-bond donors (Lipinski definition) is 1. The van der Waals surface area contributed by atoms with Gasteiger partial charge in [-0.1, -0.05) is 19.1 Å². The normalized spacial score (nSPS) is 11.7. The third-order valence-electron chi connectivity index (χ3n) is 4.47. The van der Waals surface area contributed by atoms with Gasteiger partial charge in [0.1, 0.15) is 5.75 Å². The summed E-state index contributed by atoms with van der Waals surface area (Å²) < 4.78 is 32.4. The summed E-state index contributed by atoms with van der Waals surface area (Å²) >= 11 is 0. The zero-order chi connectivity index (χ0) is 21.4. The highest BCUT2D eigenvalue weighted by Crippen LogP contribution is 2.21. The molecule has 0 spiro atoms. The molecule has 0 fully saturated rings. The molecule has 1 amide bonds. The molecule has 0 saturated carbocycles. The maximum absolute atomic E-state index is 12.9. The van der Waals surface area contributed by atoms with Gasteiger partial charge in [-0.3, -0.25) is 4.79 Å². The smallest absolute Gasteiger partial charge is 0.251 e. The van der Waals surface area contributed by atoms with Gasteiger partial charge in [-0.2, -0.15) is 4.31 Å². The van der Waals surface area contributed by atoms with Crippen LogP contribution >= 0.6 is 0 Å². The van der Waals surface area contributed by atoms with E-state index in [1.807, 2.05) is 19.0 Å². The Bertz CT molecular complexity index is 895. The van der Waals surface area contributed by atoms with E-state index < -0.39 is 10.0 Å². The van der Waals surface area contributed by atoms with Gasteiger partial charge in [-0.05, 0) is 56.1 Å². The van der Waals surface area contributed by atoms with Gasteiger partial charge in [0.05, 0.1) is 12.0 Å². The predicted octanol–water partition coefficient (Wildman–Crippen LogP) is 2.20. The number of rotatable bonds is 10. The molecular weight excluding hydrogens is 390 g/mol. The number of ether oxygens (including phenoxy) is 1. The van der Waals surface area contributed by atoms with Crippen LogP contribution in [-0.4, -0.2) is 64.4 Å². The molecule has 0 aromatic heterocycles. The van der Waals surface area contributed by atoms with Crippen molar-refractivity contribution in [3.63, 3.8) is 0 Å². The highest BCUT2D eigenvalue weighted by Gasteiger charge is 2.23. The van der Waals surface area contributed by atoms with Crippen LogP contribution in [0.5, 0.6) is 5.75 Å². The lowest BCUT2D eigenvalue weighted by Gasteiger charge is -2.21. The Balaban J connectivity index is 2.07. The largest absolute Gasteiger partial charge is 0.497 e. The number of nitrogens with one attached hydrogen (secondary N) is 1. The van der Waals surface area contributed by atoms with E-state index in [2.05, 4.69) is 5.32 Å². The van der Waals surface area contributed by atoms with Crippen LogP contribution in [0.1, 0.15) is 22.8 Å². The average Bonchev–Trinajstić information content (AvgIpc) is 2.72. The van der Waals surface area contributed by atoms with Crippen molar-refractivity contribution in [2.45, 2.75) is 18.4 Å². The fraction of sp³-hybridized carbons (Fsp3) is 0.381. The van der Waals surface area contributed by atoms with E-state index in [9.17, 15) is 13.2 Å². The Morgan fingerprint density at radius 1 is 1.03 bits per heavy atom. The first-order valence-corrected chi connectivity index (χ1v) is 10.9. The number of benzene rings is 2. The predicted molar refractivity (Wildman–Crippen MR) is 114 cm³/mol. The van der Waals surface area contributed by atoms with Gasteiger partial charge in [-0.25, -0.2) is 8.42 Å². The quantitative estimate of drug-likeness (QED) is 0.639. The lowest BCUT2D eigenvalue weighted by atomic mass is 10.1. The lowest BCUT2D eigenvalue weighted by Crippen LogP contribution is -2.31. The van der Waals surface area contributed by atoms with Gasteiger partial charge in [0, 0.05) is 31.7 Å². The van der Waals surface area contributed by atoms with Crippen molar-refractivity contribution in [1.82, 2.24) is 14.5 Å². The van der Waals surface area contributed by atoms with Crippen LogP contribution in [0.3, 0.4) is 0 Å². The summed E-state index contributed by atoms with van der Waals surface area (Å²) in [4.78, 5) is 14.4. The Morgan fingerprint density at radius 3 is 2.17 bits per heavy atom. The molecule has 0 saturated heterocycles. The summed E-state index contributed by atoms with van der Waals surface area (Å²) in [5, 5.41) is 2.86. The molecule has 2 rings (SSSR count). The van der Waals surface area contributed by atoms with Crippen LogP contribution < -0.4 is 10.1 Å². The molecule has 0 aliphatic rings. The van der Waals surface area contributed by atoms with Gasteiger partial charge < -0.3 is 15.0 Å². The van der Waals surface area contributed by atoms with Crippen LogP contribution in [0.4, 0.5) is 0 Å². The standard InChI is InChI=1S/C21H29N3O4S/c1-5-24(29(26,27)20-12-10-19(28-4)11-13-20)16-17-6-8-18(9-7-17)21(25)22-14-15-23(2)3/h6-13H,5,14-16H2,1-4H3,(H,22,25). The molecule has 0 aliphatic carbocycles. The number of amides is 1. The molecule has 2 aromatic rings. The summed E-state index contributed by atoms with van der Waals surface area (Å²) in [6.07, 6.45) is 0. The third-order valence-corrected chi connectivity index (χ3v) is 6.40. The van der Waals surface area contributed by atoms with E-state index in [1.165, 1.54) is 23.5 Å². The number of carbonyl (C=O) groups excluding carboxylic acids is 1. The number of hydrogen-bond acceptors (Lipinski definition) is 5. The molecule has 0 atom stereocenters. The van der Waals surface area contributed by atoms with E-state index in [4.69, 9.17) is 4.74 Å². The first kappa shape index (κ1) is 22.9. The van der Waals surface area contributed by atoms with Gasteiger partial charge in [0.25, 0.3) is 5.91 Å². The van der Waals surface area contributed by atoms with Crippen molar-refractivity contribution < 1.29 is 17.9 Å². The molecular formula is C21H29N3O4S. The van der Waals surface area contributed by atoms with Crippen molar-refractivity contribution in [2.24, 2.45) is 0 Å². The monoisotopic (exact) mass is 419 g/mol. The maximum Gasteiger partial charge on any atom is 0.251 e. The van der Waals surface area contributed by atoms with E-state index in [-0.39, 0.29) is 17.3 Å². The van der Waals surface area contributed by atoms with E-state index in [0.717, 1.165) is 12.1 Å². The highest BCUT2D eigenvalue weighted by atomic mass is 32.2. The molecule has 0 radical (unpaired) electrons. The Kier molecular flexibility index (Phi) is 8.19.